The molecule has 3 rings (SSSR count). The van der Waals surface area contributed by atoms with E-state index in [-0.39, 0.29) is 18.1 Å². The van der Waals surface area contributed by atoms with Crippen LogP contribution in [0.2, 0.25) is 0 Å². The molecule has 0 saturated carbocycles. The molecule has 7 heteroatoms. The fourth-order valence-corrected chi connectivity index (χ4v) is 3.21. The maximum Gasteiger partial charge on any atom is 0.226 e. The molecule has 0 spiro atoms. The Balaban J connectivity index is 1.53. The highest BCUT2D eigenvalue weighted by atomic mass is 16.5. The van der Waals surface area contributed by atoms with Crippen molar-refractivity contribution in [2.45, 2.75) is 45.6 Å². The van der Waals surface area contributed by atoms with E-state index in [4.69, 9.17) is 4.74 Å². The molecular weight excluding hydrogens is 318 g/mol. The van der Waals surface area contributed by atoms with Gasteiger partial charge in [-0.3, -0.25) is 14.4 Å². The van der Waals surface area contributed by atoms with Crippen LogP contribution in [0, 0.1) is 0 Å². The third-order valence-corrected chi connectivity index (χ3v) is 4.15. The van der Waals surface area contributed by atoms with Gasteiger partial charge >= 0.3 is 0 Å². The first kappa shape index (κ1) is 17.6. The minimum atomic E-state index is -0.0266. The first-order valence-corrected chi connectivity index (χ1v) is 8.67. The second kappa shape index (κ2) is 8.22. The van der Waals surface area contributed by atoms with E-state index in [2.05, 4.69) is 40.2 Å². The molecule has 1 aliphatic rings. The van der Waals surface area contributed by atoms with Gasteiger partial charge in [-0.25, -0.2) is 4.98 Å². The average molecular weight is 343 g/mol. The van der Waals surface area contributed by atoms with Gasteiger partial charge in [-0.2, -0.15) is 5.10 Å². The maximum absolute atomic E-state index is 12.1. The lowest BCUT2D eigenvalue weighted by molar-refractivity contribution is -0.116. The number of rotatable bonds is 6. The van der Waals surface area contributed by atoms with Gasteiger partial charge in [-0.05, 0) is 31.5 Å². The minimum Gasteiger partial charge on any atom is -0.373 e. The number of benzene rings is 1. The van der Waals surface area contributed by atoms with Crippen LogP contribution < -0.4 is 5.32 Å². The molecule has 1 amide bonds. The van der Waals surface area contributed by atoms with Crippen LogP contribution >= 0.6 is 0 Å². The Bertz CT molecular complexity index is 679. The van der Waals surface area contributed by atoms with Gasteiger partial charge in [0.2, 0.25) is 5.91 Å². The zero-order chi connectivity index (χ0) is 17.6. The smallest absolute Gasteiger partial charge is 0.226 e. The van der Waals surface area contributed by atoms with E-state index >= 15 is 0 Å². The Labute approximate surface area is 148 Å². The van der Waals surface area contributed by atoms with E-state index < -0.39 is 0 Å². The molecule has 1 fully saturated rings. The molecule has 2 atom stereocenters. The SMILES string of the molecule is C[C@@H]1CN(Cc2cccc(NC(=O)CCn3cncn3)c2)C[C@@H](C)O1. The van der Waals surface area contributed by atoms with Crippen LogP contribution in [0.5, 0.6) is 0 Å². The highest BCUT2D eigenvalue weighted by molar-refractivity contribution is 5.90. The van der Waals surface area contributed by atoms with Gasteiger partial charge < -0.3 is 10.1 Å². The van der Waals surface area contributed by atoms with E-state index in [1.807, 2.05) is 18.2 Å². The number of morpholine rings is 1. The van der Waals surface area contributed by atoms with Crippen LogP contribution in [-0.2, 0) is 22.6 Å². The molecule has 134 valence electrons. The topological polar surface area (TPSA) is 72.3 Å². The van der Waals surface area contributed by atoms with Crippen molar-refractivity contribution in [3.8, 4) is 0 Å². The van der Waals surface area contributed by atoms with Gasteiger partial charge in [-0.15, -0.1) is 0 Å². The van der Waals surface area contributed by atoms with Gasteiger partial charge in [0, 0.05) is 31.7 Å². The Hall–Kier alpha value is -2.25. The van der Waals surface area contributed by atoms with E-state index in [0.29, 0.717) is 13.0 Å². The number of aryl methyl sites for hydroxylation is 1. The molecule has 0 bridgehead atoms. The normalized spacial score (nSPS) is 21.2. The number of nitrogens with zero attached hydrogens (tertiary/aromatic N) is 4. The molecule has 0 radical (unpaired) electrons. The molecule has 1 aromatic carbocycles. The second-order valence-corrected chi connectivity index (χ2v) is 6.61. The number of anilines is 1. The van der Waals surface area contributed by atoms with Gasteiger partial charge in [0.05, 0.1) is 18.8 Å². The Morgan fingerprint density at radius 1 is 1.32 bits per heavy atom. The van der Waals surface area contributed by atoms with Gasteiger partial charge in [0.15, 0.2) is 0 Å². The molecule has 2 aromatic rings. The largest absolute Gasteiger partial charge is 0.373 e. The van der Waals surface area contributed by atoms with Crippen LogP contribution in [0.3, 0.4) is 0 Å². The fraction of sp³-hybridized carbons (Fsp3) is 0.500. The average Bonchev–Trinajstić information content (AvgIpc) is 3.06. The molecule has 25 heavy (non-hydrogen) atoms. The van der Waals surface area contributed by atoms with Gasteiger partial charge in [-0.1, -0.05) is 12.1 Å². The van der Waals surface area contributed by atoms with Crippen molar-refractivity contribution in [1.29, 1.82) is 0 Å². The number of carbonyl (C=O) groups excluding carboxylic acids is 1. The Kier molecular flexibility index (Phi) is 5.78. The lowest BCUT2D eigenvalue weighted by Gasteiger charge is -2.35. The number of hydrogen-bond acceptors (Lipinski definition) is 5. The van der Waals surface area contributed by atoms with E-state index in [9.17, 15) is 4.79 Å². The summed E-state index contributed by atoms with van der Waals surface area (Å²) in [6.07, 6.45) is 3.95. The van der Waals surface area contributed by atoms with Gasteiger partial charge in [0.25, 0.3) is 0 Å². The van der Waals surface area contributed by atoms with E-state index in [1.165, 1.54) is 11.9 Å². The number of ether oxygens (including phenoxy) is 1. The summed E-state index contributed by atoms with van der Waals surface area (Å²) in [7, 11) is 0. The third-order valence-electron chi connectivity index (χ3n) is 4.15. The van der Waals surface area contributed by atoms with Crippen LogP contribution in [0.1, 0.15) is 25.8 Å². The maximum atomic E-state index is 12.1. The standard InChI is InChI=1S/C18H25N5O2/c1-14-9-22(10-15(2)25-14)11-16-4-3-5-17(8-16)21-18(24)6-7-23-13-19-12-20-23/h3-5,8,12-15H,6-7,9-11H2,1-2H3,(H,21,24)/t14-,15-/m1/s1. The zero-order valence-corrected chi connectivity index (χ0v) is 14.8. The second-order valence-electron chi connectivity index (χ2n) is 6.61. The number of amides is 1. The molecule has 1 N–H and O–H groups in total. The molecule has 7 nitrogen and oxygen atoms in total. The van der Waals surface area contributed by atoms with Crippen LogP contribution in [0.4, 0.5) is 5.69 Å². The summed E-state index contributed by atoms with van der Waals surface area (Å²) in [5.74, 6) is -0.0266. The summed E-state index contributed by atoms with van der Waals surface area (Å²) in [6, 6.07) is 8.03. The summed E-state index contributed by atoms with van der Waals surface area (Å²) >= 11 is 0. The van der Waals surface area contributed by atoms with Crippen molar-refractivity contribution in [1.82, 2.24) is 19.7 Å². The van der Waals surface area contributed by atoms with Crippen molar-refractivity contribution in [3.05, 3.63) is 42.5 Å². The third kappa shape index (κ3) is 5.37. The van der Waals surface area contributed by atoms with Crippen molar-refractivity contribution in [2.24, 2.45) is 0 Å². The minimum absolute atomic E-state index is 0.0266. The van der Waals surface area contributed by atoms with Crippen molar-refractivity contribution < 1.29 is 9.53 Å². The summed E-state index contributed by atoms with van der Waals surface area (Å²) < 4.78 is 7.43. The summed E-state index contributed by atoms with van der Waals surface area (Å²) in [4.78, 5) is 18.4. The quantitative estimate of drug-likeness (QED) is 0.867. The van der Waals surface area contributed by atoms with E-state index in [1.54, 1.807) is 11.0 Å². The fourth-order valence-electron chi connectivity index (χ4n) is 3.21. The summed E-state index contributed by atoms with van der Waals surface area (Å²) in [6.45, 7) is 7.45. The zero-order valence-electron chi connectivity index (χ0n) is 14.8. The van der Waals surface area contributed by atoms with E-state index in [0.717, 1.165) is 25.3 Å². The van der Waals surface area contributed by atoms with Crippen LogP contribution in [0.25, 0.3) is 0 Å². The monoisotopic (exact) mass is 343 g/mol. The number of hydrogen-bond donors (Lipinski definition) is 1. The number of aromatic nitrogens is 3. The van der Waals surface area contributed by atoms with Crippen molar-refractivity contribution >= 4 is 11.6 Å². The molecular formula is C18H25N5O2. The lowest BCUT2D eigenvalue weighted by Crippen LogP contribution is -2.44. The predicted octanol–water partition coefficient (Wildman–Crippen LogP) is 1.92. The highest BCUT2D eigenvalue weighted by Crippen LogP contribution is 2.17. The molecule has 1 aliphatic heterocycles. The molecule has 2 heterocycles. The van der Waals surface area contributed by atoms with Gasteiger partial charge in [0.1, 0.15) is 12.7 Å². The summed E-state index contributed by atoms with van der Waals surface area (Å²) in [5.41, 5.74) is 2.02. The predicted molar refractivity (Wildman–Crippen MR) is 95.0 cm³/mol. The molecule has 1 saturated heterocycles. The number of nitrogens with one attached hydrogen (secondary N) is 1. The first-order valence-electron chi connectivity index (χ1n) is 8.67. The van der Waals surface area contributed by atoms with Crippen molar-refractivity contribution in [2.75, 3.05) is 18.4 Å². The summed E-state index contributed by atoms with van der Waals surface area (Å²) in [5, 5.41) is 6.95. The molecule has 1 aromatic heterocycles. The first-order chi connectivity index (χ1) is 12.1. The Morgan fingerprint density at radius 3 is 2.84 bits per heavy atom. The van der Waals surface area contributed by atoms with Crippen LogP contribution in [-0.4, -0.2) is 50.9 Å². The number of carbonyl (C=O) groups is 1. The van der Waals surface area contributed by atoms with Crippen molar-refractivity contribution in [3.63, 3.8) is 0 Å². The van der Waals surface area contributed by atoms with Crippen LogP contribution in [0.15, 0.2) is 36.9 Å². The highest BCUT2D eigenvalue weighted by Gasteiger charge is 2.22. The lowest BCUT2D eigenvalue weighted by atomic mass is 10.1. The Morgan fingerprint density at radius 2 is 2.12 bits per heavy atom. The molecule has 0 aliphatic carbocycles. The molecule has 0 unspecified atom stereocenters.